The van der Waals surface area contributed by atoms with E-state index < -0.39 is 0 Å². The summed E-state index contributed by atoms with van der Waals surface area (Å²) in [5, 5.41) is 1.71. The smallest absolute Gasteiger partial charge is 0.179 e. The third-order valence-corrected chi connectivity index (χ3v) is 6.88. The molecule has 1 unspecified atom stereocenters. The maximum atomic E-state index is 11.6. The van der Waals surface area contributed by atoms with Crippen LogP contribution in [-0.4, -0.2) is 22.8 Å². The second-order valence-corrected chi connectivity index (χ2v) is 9.24. The number of aromatic nitrogens is 3. The summed E-state index contributed by atoms with van der Waals surface area (Å²) in [6, 6.07) is 14.7. The molecule has 0 saturated heterocycles. The second-order valence-electron chi connectivity index (χ2n) is 8.81. The van der Waals surface area contributed by atoms with E-state index in [1.807, 2.05) is 30.5 Å². The number of pyridine rings is 1. The molecule has 3 heterocycles. The summed E-state index contributed by atoms with van der Waals surface area (Å²) < 4.78 is 2.19. The van der Waals surface area contributed by atoms with Crippen LogP contribution >= 0.6 is 11.6 Å². The molecule has 6 heteroatoms. The predicted octanol–water partition coefficient (Wildman–Crippen LogP) is 5.33. The maximum absolute atomic E-state index is 11.6. The molecule has 2 aliphatic rings. The van der Waals surface area contributed by atoms with E-state index in [2.05, 4.69) is 50.8 Å². The van der Waals surface area contributed by atoms with Crippen molar-refractivity contribution in [2.75, 3.05) is 11.4 Å². The highest BCUT2D eigenvalue weighted by Crippen LogP contribution is 2.40. The van der Waals surface area contributed by atoms with Crippen molar-refractivity contribution in [2.24, 2.45) is 5.92 Å². The van der Waals surface area contributed by atoms with E-state index in [4.69, 9.17) is 11.6 Å². The number of halogens is 1. The van der Waals surface area contributed by atoms with Crippen molar-refractivity contribution in [3.63, 3.8) is 0 Å². The Morgan fingerprint density at radius 1 is 1.09 bits per heavy atom. The van der Waals surface area contributed by atoms with E-state index in [1.54, 1.807) is 6.33 Å². The average molecular weight is 442 g/mol. The van der Waals surface area contributed by atoms with Crippen LogP contribution in [0.5, 0.6) is 0 Å². The summed E-state index contributed by atoms with van der Waals surface area (Å²) in [6.45, 7) is 3.09. The van der Waals surface area contributed by atoms with Gasteiger partial charge in [-0.1, -0.05) is 30.7 Å². The Labute approximate surface area is 191 Å². The van der Waals surface area contributed by atoms with Crippen LogP contribution in [0, 0.1) is 5.92 Å². The first-order chi connectivity index (χ1) is 15.6. The highest BCUT2D eigenvalue weighted by Gasteiger charge is 2.42. The number of fused-ring (bicyclic) bond motifs is 2. The van der Waals surface area contributed by atoms with Crippen LogP contribution in [-0.2, 0) is 6.42 Å². The van der Waals surface area contributed by atoms with Crippen molar-refractivity contribution in [3.8, 4) is 11.1 Å². The summed E-state index contributed by atoms with van der Waals surface area (Å²) in [6.07, 6.45) is 8.75. The zero-order valence-electron chi connectivity index (χ0n) is 17.7. The molecule has 2 aromatic carbocycles. The molecular weight excluding hydrogens is 420 g/mol. The molecule has 1 aliphatic carbocycles. The van der Waals surface area contributed by atoms with Gasteiger partial charge in [-0.25, -0.2) is 14.5 Å². The van der Waals surface area contributed by atoms with Gasteiger partial charge in [0.25, 0.3) is 0 Å². The van der Waals surface area contributed by atoms with Crippen LogP contribution in [0.3, 0.4) is 0 Å². The molecule has 4 aromatic rings. The third kappa shape index (κ3) is 3.24. The summed E-state index contributed by atoms with van der Waals surface area (Å²) in [7, 11) is 0. The van der Waals surface area contributed by atoms with Gasteiger partial charge in [0.2, 0.25) is 0 Å². The normalized spacial score (nSPS) is 19.2. The lowest BCUT2D eigenvalue weighted by molar-refractivity contribution is -0.702. The van der Waals surface area contributed by atoms with Gasteiger partial charge in [-0.3, -0.25) is 4.79 Å². The summed E-state index contributed by atoms with van der Waals surface area (Å²) in [5.74, 6) is 1.53. The first-order valence-electron chi connectivity index (χ1n) is 10.9. The van der Waals surface area contributed by atoms with Gasteiger partial charge in [0, 0.05) is 40.5 Å². The van der Waals surface area contributed by atoms with Crippen LogP contribution in [0.15, 0.2) is 61.2 Å². The van der Waals surface area contributed by atoms with Gasteiger partial charge in [0.05, 0.1) is 11.1 Å². The fraction of sp³-hybridized carbons (Fsp3) is 0.231. The van der Waals surface area contributed by atoms with Crippen molar-refractivity contribution in [2.45, 2.75) is 25.8 Å². The van der Waals surface area contributed by atoms with Crippen LogP contribution < -0.4 is 9.47 Å². The standard InChI is InChI=1S/C26H22ClN4O/c1-16-8-24(16)30-12-17(14-32)9-20(13-30)19-3-5-23-22(10-19)26(29-15-28-23)31-7-6-18-2-4-21(27)11-25(18)31/h2-5,9-16,24H,6-8H2,1H3/q+1/t16?,24-/m0/s1. The van der Waals surface area contributed by atoms with Gasteiger partial charge >= 0.3 is 0 Å². The number of rotatable bonds is 4. The molecule has 1 saturated carbocycles. The van der Waals surface area contributed by atoms with Gasteiger partial charge in [-0.2, -0.15) is 0 Å². The van der Waals surface area contributed by atoms with E-state index in [-0.39, 0.29) is 0 Å². The fourth-order valence-corrected chi connectivity index (χ4v) is 4.93. The molecule has 1 fully saturated rings. The lowest BCUT2D eigenvalue weighted by atomic mass is 10.0. The molecule has 2 aromatic heterocycles. The number of hydrogen-bond donors (Lipinski definition) is 0. The molecule has 0 radical (unpaired) electrons. The first kappa shape index (κ1) is 19.4. The fourth-order valence-electron chi connectivity index (χ4n) is 4.77. The van der Waals surface area contributed by atoms with E-state index >= 15 is 0 Å². The molecule has 0 N–H and O–H groups in total. The molecule has 1 aliphatic heterocycles. The number of benzene rings is 2. The Hall–Kier alpha value is -3.31. The van der Waals surface area contributed by atoms with Crippen molar-refractivity contribution < 1.29 is 9.36 Å². The van der Waals surface area contributed by atoms with Crippen molar-refractivity contribution in [3.05, 3.63) is 77.3 Å². The molecule has 5 nitrogen and oxygen atoms in total. The highest BCUT2D eigenvalue weighted by atomic mass is 35.5. The Kier molecular flexibility index (Phi) is 4.47. The average Bonchev–Trinajstić information content (AvgIpc) is 3.42. The molecule has 0 amide bonds. The topological polar surface area (TPSA) is 50.0 Å². The first-order valence-corrected chi connectivity index (χ1v) is 11.3. The summed E-state index contributed by atoms with van der Waals surface area (Å²) >= 11 is 6.29. The van der Waals surface area contributed by atoms with Crippen molar-refractivity contribution in [1.29, 1.82) is 0 Å². The highest BCUT2D eigenvalue weighted by molar-refractivity contribution is 6.31. The Morgan fingerprint density at radius 2 is 1.97 bits per heavy atom. The quantitative estimate of drug-likeness (QED) is 0.317. The molecule has 32 heavy (non-hydrogen) atoms. The third-order valence-electron chi connectivity index (χ3n) is 6.64. The van der Waals surface area contributed by atoms with Crippen LogP contribution in [0.1, 0.15) is 35.3 Å². The van der Waals surface area contributed by atoms with Gasteiger partial charge in [0.15, 0.2) is 24.7 Å². The lowest BCUT2D eigenvalue weighted by Crippen LogP contribution is -2.33. The summed E-state index contributed by atoms with van der Waals surface area (Å²) in [5.41, 5.74) is 6.03. The number of hydrogen-bond acceptors (Lipinski definition) is 4. The van der Waals surface area contributed by atoms with E-state index in [9.17, 15) is 4.79 Å². The number of carbonyl (C=O) groups excluding carboxylic acids is 1. The van der Waals surface area contributed by atoms with E-state index in [1.165, 1.54) is 5.56 Å². The SMILES string of the molecule is CC1C[C@@H]1[n+]1cc(C=O)cc(-c2ccc3ncnc(N4CCc5ccc(Cl)cc54)c3c2)c1. The minimum atomic E-state index is 0.471. The Balaban J connectivity index is 1.48. The van der Waals surface area contributed by atoms with Crippen molar-refractivity contribution >= 4 is 40.3 Å². The Bertz CT molecular complexity index is 1390. The molecule has 2 atom stereocenters. The predicted molar refractivity (Wildman–Crippen MR) is 126 cm³/mol. The van der Waals surface area contributed by atoms with Gasteiger partial charge in [0.1, 0.15) is 12.1 Å². The number of aldehydes is 1. The number of anilines is 2. The van der Waals surface area contributed by atoms with Crippen LogP contribution in [0.2, 0.25) is 5.02 Å². The number of carbonyl (C=O) groups is 1. The van der Waals surface area contributed by atoms with Crippen LogP contribution in [0.4, 0.5) is 11.5 Å². The number of nitrogens with zero attached hydrogens (tertiary/aromatic N) is 4. The van der Waals surface area contributed by atoms with E-state index in [0.717, 1.165) is 64.2 Å². The molecule has 0 spiro atoms. The zero-order valence-corrected chi connectivity index (χ0v) is 18.5. The minimum absolute atomic E-state index is 0.471. The summed E-state index contributed by atoms with van der Waals surface area (Å²) in [4.78, 5) is 23.0. The minimum Gasteiger partial charge on any atom is -0.325 e. The van der Waals surface area contributed by atoms with Crippen molar-refractivity contribution in [1.82, 2.24) is 9.97 Å². The monoisotopic (exact) mass is 441 g/mol. The molecule has 6 rings (SSSR count). The van der Waals surface area contributed by atoms with Gasteiger partial charge in [-0.15, -0.1) is 0 Å². The molecular formula is C26H22ClN4O+. The zero-order chi connectivity index (χ0) is 21.8. The van der Waals surface area contributed by atoms with E-state index in [0.29, 0.717) is 17.5 Å². The van der Waals surface area contributed by atoms with Gasteiger partial charge in [-0.05, 0) is 47.9 Å². The second kappa shape index (κ2) is 7.38. The lowest BCUT2D eigenvalue weighted by Gasteiger charge is -2.20. The van der Waals surface area contributed by atoms with Crippen LogP contribution in [0.25, 0.3) is 22.0 Å². The molecule has 158 valence electrons. The Morgan fingerprint density at radius 3 is 2.78 bits per heavy atom. The maximum Gasteiger partial charge on any atom is 0.179 e. The largest absolute Gasteiger partial charge is 0.325 e. The molecule has 0 bridgehead atoms. The van der Waals surface area contributed by atoms with Gasteiger partial charge < -0.3 is 4.90 Å².